The van der Waals surface area contributed by atoms with Crippen LogP contribution in [-0.2, 0) is 20.8 Å². The standard InChI is InChI=1S/C22H23N3O5/c1-4-15-10-8-9-14(3)19(15)23-18(26)13-24-20(27)21(28)25(22(24)29)16-11-6-7-12-17(16)30-5-2/h6-12H,4-5,13H2,1-3H3,(H,23,26). The van der Waals surface area contributed by atoms with E-state index in [-0.39, 0.29) is 5.69 Å². The normalized spacial score (nSPS) is 13.8. The van der Waals surface area contributed by atoms with E-state index < -0.39 is 30.3 Å². The number of hydrogen-bond acceptors (Lipinski definition) is 5. The maximum absolute atomic E-state index is 12.8. The number of nitrogens with one attached hydrogen (secondary N) is 1. The number of imide groups is 2. The summed E-state index contributed by atoms with van der Waals surface area (Å²) in [6, 6.07) is 11.2. The van der Waals surface area contributed by atoms with Gasteiger partial charge in [0.15, 0.2) is 0 Å². The molecule has 2 aromatic rings. The SMILES string of the molecule is CCOc1ccccc1N1C(=O)C(=O)N(CC(=O)Nc2c(C)cccc2CC)C1=O. The molecular formula is C22H23N3O5. The number of para-hydroxylation sites is 3. The van der Waals surface area contributed by atoms with Gasteiger partial charge in [-0.15, -0.1) is 0 Å². The van der Waals surface area contributed by atoms with Crippen molar-refractivity contribution in [2.75, 3.05) is 23.4 Å². The molecule has 0 radical (unpaired) electrons. The van der Waals surface area contributed by atoms with Crippen LogP contribution in [0.25, 0.3) is 0 Å². The second-order valence-electron chi connectivity index (χ2n) is 6.73. The summed E-state index contributed by atoms with van der Waals surface area (Å²) in [7, 11) is 0. The van der Waals surface area contributed by atoms with Crippen molar-refractivity contribution in [1.82, 2.24) is 4.90 Å². The van der Waals surface area contributed by atoms with Gasteiger partial charge in [0.2, 0.25) is 5.91 Å². The molecule has 8 nitrogen and oxygen atoms in total. The van der Waals surface area contributed by atoms with E-state index in [1.165, 1.54) is 6.07 Å². The minimum absolute atomic E-state index is 0.165. The van der Waals surface area contributed by atoms with Gasteiger partial charge in [-0.2, -0.15) is 0 Å². The number of hydrogen-bond donors (Lipinski definition) is 1. The number of carbonyl (C=O) groups excluding carboxylic acids is 4. The Labute approximate surface area is 174 Å². The fourth-order valence-electron chi connectivity index (χ4n) is 3.30. The van der Waals surface area contributed by atoms with Gasteiger partial charge in [-0.25, -0.2) is 14.6 Å². The fourth-order valence-corrected chi connectivity index (χ4v) is 3.30. The Bertz CT molecular complexity index is 1020. The van der Waals surface area contributed by atoms with Crippen molar-refractivity contribution in [2.24, 2.45) is 0 Å². The van der Waals surface area contributed by atoms with Crippen molar-refractivity contribution in [2.45, 2.75) is 27.2 Å². The minimum atomic E-state index is -1.05. The van der Waals surface area contributed by atoms with Crippen molar-refractivity contribution < 1.29 is 23.9 Å². The second kappa shape index (κ2) is 8.77. The van der Waals surface area contributed by atoms with Crippen LogP contribution in [0.2, 0.25) is 0 Å². The third-order valence-electron chi connectivity index (χ3n) is 4.77. The van der Waals surface area contributed by atoms with Crippen LogP contribution >= 0.6 is 0 Å². The van der Waals surface area contributed by atoms with E-state index in [1.54, 1.807) is 25.1 Å². The highest BCUT2D eigenvalue weighted by Gasteiger charge is 2.47. The summed E-state index contributed by atoms with van der Waals surface area (Å²) in [5.41, 5.74) is 2.61. The average molecular weight is 409 g/mol. The van der Waals surface area contributed by atoms with Gasteiger partial charge < -0.3 is 10.1 Å². The van der Waals surface area contributed by atoms with Gasteiger partial charge in [-0.05, 0) is 43.5 Å². The van der Waals surface area contributed by atoms with Crippen molar-refractivity contribution >= 4 is 35.1 Å². The highest BCUT2D eigenvalue weighted by atomic mass is 16.5. The number of aryl methyl sites for hydroxylation is 2. The molecule has 1 aliphatic heterocycles. The molecule has 5 amide bonds. The molecule has 30 heavy (non-hydrogen) atoms. The molecule has 0 spiro atoms. The molecule has 1 heterocycles. The van der Waals surface area contributed by atoms with Crippen molar-refractivity contribution in [3.63, 3.8) is 0 Å². The average Bonchev–Trinajstić information content (AvgIpc) is 2.93. The summed E-state index contributed by atoms with van der Waals surface area (Å²) < 4.78 is 5.46. The number of anilines is 2. The molecule has 2 aromatic carbocycles. The Hall–Kier alpha value is -3.68. The van der Waals surface area contributed by atoms with Gasteiger partial charge in [0.1, 0.15) is 12.3 Å². The zero-order valence-corrected chi connectivity index (χ0v) is 17.1. The number of rotatable bonds is 7. The van der Waals surface area contributed by atoms with Crippen molar-refractivity contribution in [3.05, 3.63) is 53.6 Å². The summed E-state index contributed by atoms with van der Waals surface area (Å²) in [5.74, 6) is -2.34. The molecule has 0 bridgehead atoms. The summed E-state index contributed by atoms with van der Waals surface area (Å²) >= 11 is 0. The van der Waals surface area contributed by atoms with Gasteiger partial charge in [0.25, 0.3) is 0 Å². The monoisotopic (exact) mass is 409 g/mol. The van der Waals surface area contributed by atoms with Gasteiger partial charge in [0.05, 0.1) is 12.3 Å². The smallest absolute Gasteiger partial charge is 0.339 e. The van der Waals surface area contributed by atoms with Crippen LogP contribution in [0.3, 0.4) is 0 Å². The molecule has 0 aliphatic carbocycles. The van der Waals surface area contributed by atoms with E-state index >= 15 is 0 Å². The number of amides is 5. The van der Waals surface area contributed by atoms with E-state index in [0.29, 0.717) is 29.4 Å². The van der Waals surface area contributed by atoms with Gasteiger partial charge in [0, 0.05) is 5.69 Å². The molecule has 1 aliphatic rings. The number of carbonyl (C=O) groups is 4. The molecule has 0 saturated carbocycles. The highest BCUT2D eigenvalue weighted by Crippen LogP contribution is 2.31. The molecule has 3 rings (SSSR count). The maximum Gasteiger partial charge on any atom is 0.339 e. The first-order valence-electron chi connectivity index (χ1n) is 9.69. The maximum atomic E-state index is 12.8. The Morgan fingerprint density at radius 3 is 2.43 bits per heavy atom. The van der Waals surface area contributed by atoms with Crippen LogP contribution in [0.5, 0.6) is 5.75 Å². The van der Waals surface area contributed by atoms with Crippen LogP contribution in [0, 0.1) is 6.92 Å². The largest absolute Gasteiger partial charge is 0.492 e. The summed E-state index contributed by atoms with van der Waals surface area (Å²) in [4.78, 5) is 51.8. The third-order valence-corrected chi connectivity index (χ3v) is 4.77. The molecule has 1 saturated heterocycles. The first-order valence-corrected chi connectivity index (χ1v) is 9.69. The van der Waals surface area contributed by atoms with E-state index in [9.17, 15) is 19.2 Å². The Kier molecular flexibility index (Phi) is 6.15. The zero-order valence-electron chi connectivity index (χ0n) is 17.1. The Morgan fingerprint density at radius 1 is 1.00 bits per heavy atom. The lowest BCUT2D eigenvalue weighted by atomic mass is 10.1. The minimum Gasteiger partial charge on any atom is -0.492 e. The lowest BCUT2D eigenvalue weighted by Crippen LogP contribution is -2.39. The molecule has 8 heteroatoms. The number of urea groups is 1. The summed E-state index contributed by atoms with van der Waals surface area (Å²) in [5, 5.41) is 2.76. The van der Waals surface area contributed by atoms with E-state index in [4.69, 9.17) is 4.74 Å². The number of nitrogens with zero attached hydrogens (tertiary/aromatic N) is 2. The lowest BCUT2D eigenvalue weighted by molar-refractivity contribution is -0.140. The van der Waals surface area contributed by atoms with Gasteiger partial charge >= 0.3 is 17.8 Å². The predicted molar refractivity (Wildman–Crippen MR) is 111 cm³/mol. The second-order valence-corrected chi connectivity index (χ2v) is 6.73. The fraction of sp³-hybridized carbons (Fsp3) is 0.273. The van der Waals surface area contributed by atoms with Crippen LogP contribution < -0.4 is 15.0 Å². The number of ether oxygens (including phenoxy) is 1. The molecule has 0 unspecified atom stereocenters. The van der Waals surface area contributed by atoms with Crippen molar-refractivity contribution in [3.8, 4) is 5.75 Å². The third kappa shape index (κ3) is 3.89. The first-order chi connectivity index (χ1) is 14.4. The molecular weight excluding hydrogens is 386 g/mol. The first kappa shape index (κ1) is 21.0. The quantitative estimate of drug-likeness (QED) is 0.560. The van der Waals surface area contributed by atoms with E-state index in [0.717, 1.165) is 16.0 Å². The Morgan fingerprint density at radius 2 is 1.73 bits per heavy atom. The lowest BCUT2D eigenvalue weighted by Gasteiger charge is -2.18. The van der Waals surface area contributed by atoms with Crippen LogP contribution in [0.4, 0.5) is 16.2 Å². The van der Waals surface area contributed by atoms with Gasteiger partial charge in [-0.3, -0.25) is 14.4 Å². The van der Waals surface area contributed by atoms with Crippen LogP contribution in [0.15, 0.2) is 42.5 Å². The molecule has 1 N–H and O–H groups in total. The van der Waals surface area contributed by atoms with Crippen LogP contribution in [-0.4, -0.2) is 41.8 Å². The zero-order chi connectivity index (χ0) is 21.8. The van der Waals surface area contributed by atoms with Gasteiger partial charge in [-0.1, -0.05) is 37.3 Å². The Balaban J connectivity index is 1.82. The number of benzene rings is 2. The summed E-state index contributed by atoms with van der Waals surface area (Å²) in [6.07, 6.45) is 0.708. The van der Waals surface area contributed by atoms with Crippen molar-refractivity contribution in [1.29, 1.82) is 0 Å². The topological polar surface area (TPSA) is 96.0 Å². The molecule has 0 atom stereocenters. The molecule has 1 fully saturated rings. The van der Waals surface area contributed by atoms with E-state index in [2.05, 4.69) is 5.32 Å². The van der Waals surface area contributed by atoms with Crippen LogP contribution in [0.1, 0.15) is 25.0 Å². The predicted octanol–water partition coefficient (Wildman–Crippen LogP) is 2.89. The highest BCUT2D eigenvalue weighted by molar-refractivity contribution is 6.53. The summed E-state index contributed by atoms with van der Waals surface area (Å²) in [6.45, 7) is 5.35. The molecule has 156 valence electrons. The molecule has 0 aromatic heterocycles. The van der Waals surface area contributed by atoms with E-state index in [1.807, 2.05) is 32.0 Å².